The topological polar surface area (TPSA) is 67.4 Å². The Labute approximate surface area is 134 Å². The molecule has 1 heterocycles. The molecule has 2 atom stereocenters. The highest BCUT2D eigenvalue weighted by molar-refractivity contribution is 7.08. The molecule has 1 spiro atoms. The number of amides is 2. The molecule has 5 nitrogen and oxygen atoms in total. The van der Waals surface area contributed by atoms with E-state index in [0.717, 1.165) is 25.9 Å². The first kappa shape index (κ1) is 15.5. The van der Waals surface area contributed by atoms with E-state index in [9.17, 15) is 9.59 Å². The third-order valence-corrected chi connectivity index (χ3v) is 5.65. The van der Waals surface area contributed by atoms with Crippen LogP contribution in [0.1, 0.15) is 43.0 Å². The predicted molar refractivity (Wildman–Crippen MR) is 84.9 cm³/mol. The van der Waals surface area contributed by atoms with E-state index in [1.165, 1.54) is 17.8 Å². The summed E-state index contributed by atoms with van der Waals surface area (Å²) >= 11 is 1.47. The van der Waals surface area contributed by atoms with Crippen molar-refractivity contribution in [2.75, 3.05) is 13.2 Å². The first-order valence-electron chi connectivity index (χ1n) is 7.87. The van der Waals surface area contributed by atoms with Gasteiger partial charge in [0.2, 0.25) is 5.91 Å². The summed E-state index contributed by atoms with van der Waals surface area (Å²) in [7, 11) is 0. The van der Waals surface area contributed by atoms with Gasteiger partial charge in [0.05, 0.1) is 12.6 Å². The average molecular weight is 322 g/mol. The molecule has 3 rings (SSSR count). The summed E-state index contributed by atoms with van der Waals surface area (Å²) in [6.07, 6.45) is 4.65. The molecular weight excluding hydrogens is 300 g/mol. The zero-order valence-corrected chi connectivity index (χ0v) is 13.6. The maximum atomic E-state index is 12.0. The van der Waals surface area contributed by atoms with Crippen molar-refractivity contribution >= 4 is 23.2 Å². The molecule has 6 heteroatoms. The number of rotatable bonds is 6. The van der Waals surface area contributed by atoms with Crippen LogP contribution in [-0.2, 0) is 9.53 Å². The van der Waals surface area contributed by atoms with Crippen molar-refractivity contribution in [2.24, 2.45) is 5.41 Å². The lowest BCUT2D eigenvalue weighted by atomic mass is 9.51. The van der Waals surface area contributed by atoms with Gasteiger partial charge in [-0.25, -0.2) is 0 Å². The van der Waals surface area contributed by atoms with Crippen molar-refractivity contribution in [3.8, 4) is 0 Å². The van der Waals surface area contributed by atoms with Crippen LogP contribution in [0.5, 0.6) is 0 Å². The monoisotopic (exact) mass is 322 g/mol. The van der Waals surface area contributed by atoms with Gasteiger partial charge < -0.3 is 15.4 Å². The van der Waals surface area contributed by atoms with Gasteiger partial charge in [0.15, 0.2) is 0 Å². The Morgan fingerprint density at radius 2 is 2.27 bits per heavy atom. The number of ether oxygens (including phenoxy) is 1. The molecule has 0 unspecified atom stereocenters. The van der Waals surface area contributed by atoms with Crippen molar-refractivity contribution in [2.45, 2.75) is 44.8 Å². The lowest BCUT2D eigenvalue weighted by molar-refractivity contribution is -0.175. The van der Waals surface area contributed by atoms with Gasteiger partial charge >= 0.3 is 0 Å². The van der Waals surface area contributed by atoms with Crippen molar-refractivity contribution in [1.29, 1.82) is 0 Å². The van der Waals surface area contributed by atoms with Crippen LogP contribution < -0.4 is 10.6 Å². The zero-order chi connectivity index (χ0) is 15.6. The van der Waals surface area contributed by atoms with Gasteiger partial charge in [0.25, 0.3) is 5.91 Å². The summed E-state index contributed by atoms with van der Waals surface area (Å²) in [4.78, 5) is 23.9. The maximum absolute atomic E-state index is 12.0. The van der Waals surface area contributed by atoms with Crippen LogP contribution in [0.25, 0.3) is 0 Å². The molecule has 2 fully saturated rings. The van der Waals surface area contributed by atoms with Gasteiger partial charge in [-0.05, 0) is 37.6 Å². The minimum atomic E-state index is -0.199. The first-order valence-corrected chi connectivity index (χ1v) is 8.81. The maximum Gasteiger partial charge on any atom is 0.252 e. The molecule has 2 amide bonds. The van der Waals surface area contributed by atoms with Crippen LogP contribution in [-0.4, -0.2) is 37.1 Å². The van der Waals surface area contributed by atoms with Crippen LogP contribution in [0.3, 0.4) is 0 Å². The Balaban J connectivity index is 1.45. The fourth-order valence-electron chi connectivity index (χ4n) is 3.54. The SMILES string of the molecule is CCO[C@@H]1C[C@H](NC(=O)CNC(=O)c2ccsc2)C12CCC2. The van der Waals surface area contributed by atoms with Crippen molar-refractivity contribution in [3.05, 3.63) is 22.4 Å². The summed E-state index contributed by atoms with van der Waals surface area (Å²) in [6.45, 7) is 2.77. The van der Waals surface area contributed by atoms with Gasteiger partial charge in [-0.1, -0.05) is 6.42 Å². The fraction of sp³-hybridized carbons (Fsp3) is 0.625. The Hall–Kier alpha value is -1.40. The molecule has 0 saturated heterocycles. The Morgan fingerprint density at radius 1 is 1.45 bits per heavy atom. The highest BCUT2D eigenvalue weighted by Gasteiger charge is 2.59. The molecule has 2 aliphatic carbocycles. The second kappa shape index (κ2) is 6.38. The highest BCUT2D eigenvalue weighted by Crippen LogP contribution is 2.57. The second-order valence-corrected chi connectivity index (χ2v) is 6.86. The largest absolute Gasteiger partial charge is 0.378 e. The van der Waals surface area contributed by atoms with Gasteiger partial charge in [0, 0.05) is 29.0 Å². The van der Waals surface area contributed by atoms with Crippen molar-refractivity contribution in [3.63, 3.8) is 0 Å². The summed E-state index contributed by atoms with van der Waals surface area (Å²) in [5.74, 6) is -0.314. The molecule has 120 valence electrons. The molecule has 2 saturated carbocycles. The number of carbonyl (C=O) groups is 2. The molecule has 2 aliphatic rings. The minimum Gasteiger partial charge on any atom is -0.378 e. The average Bonchev–Trinajstić information content (AvgIpc) is 2.96. The number of carbonyl (C=O) groups excluding carboxylic acids is 2. The molecular formula is C16H22N2O3S. The lowest BCUT2D eigenvalue weighted by Crippen LogP contribution is -2.68. The summed E-state index contributed by atoms with van der Waals surface area (Å²) in [6, 6.07) is 1.95. The second-order valence-electron chi connectivity index (χ2n) is 6.08. The summed E-state index contributed by atoms with van der Waals surface area (Å²) in [5.41, 5.74) is 0.761. The zero-order valence-electron chi connectivity index (χ0n) is 12.8. The third kappa shape index (κ3) is 2.77. The standard InChI is InChI=1S/C16H22N2O3S/c1-2-21-13-8-12(16(13)5-3-6-16)18-14(19)9-17-15(20)11-4-7-22-10-11/h4,7,10,12-13H,2-3,5-6,8-9H2,1H3,(H,17,20)(H,18,19)/t12-,13+/m0/s1. The van der Waals surface area contributed by atoms with Crippen LogP contribution in [0.2, 0.25) is 0 Å². The number of hydrogen-bond donors (Lipinski definition) is 2. The smallest absolute Gasteiger partial charge is 0.252 e. The van der Waals surface area contributed by atoms with E-state index in [-0.39, 0.29) is 35.9 Å². The third-order valence-electron chi connectivity index (χ3n) is 4.97. The molecule has 1 aromatic heterocycles. The Kier molecular flexibility index (Phi) is 4.49. The van der Waals surface area contributed by atoms with Crippen LogP contribution in [0.4, 0.5) is 0 Å². The van der Waals surface area contributed by atoms with Gasteiger partial charge in [-0.3, -0.25) is 9.59 Å². The molecule has 0 radical (unpaired) electrons. The van der Waals surface area contributed by atoms with E-state index >= 15 is 0 Å². The van der Waals surface area contributed by atoms with Gasteiger partial charge in [0.1, 0.15) is 0 Å². The minimum absolute atomic E-state index is 0.0283. The van der Waals surface area contributed by atoms with Crippen LogP contribution in [0.15, 0.2) is 16.8 Å². The summed E-state index contributed by atoms with van der Waals surface area (Å²) < 4.78 is 5.77. The van der Waals surface area contributed by atoms with Crippen molar-refractivity contribution in [1.82, 2.24) is 10.6 Å². The summed E-state index contributed by atoms with van der Waals surface area (Å²) in [5, 5.41) is 9.35. The number of hydrogen-bond acceptors (Lipinski definition) is 4. The van der Waals surface area contributed by atoms with E-state index in [1.54, 1.807) is 11.4 Å². The molecule has 0 aromatic carbocycles. The molecule has 2 N–H and O–H groups in total. The molecule has 0 bridgehead atoms. The van der Waals surface area contributed by atoms with Gasteiger partial charge in [-0.15, -0.1) is 0 Å². The van der Waals surface area contributed by atoms with Crippen LogP contribution in [0, 0.1) is 5.41 Å². The number of nitrogens with one attached hydrogen (secondary N) is 2. The van der Waals surface area contributed by atoms with E-state index in [2.05, 4.69) is 10.6 Å². The van der Waals surface area contributed by atoms with Gasteiger partial charge in [-0.2, -0.15) is 11.3 Å². The first-order chi connectivity index (χ1) is 10.7. The van der Waals surface area contributed by atoms with Crippen molar-refractivity contribution < 1.29 is 14.3 Å². The van der Waals surface area contributed by atoms with E-state index in [4.69, 9.17) is 4.74 Å². The molecule has 1 aromatic rings. The Morgan fingerprint density at radius 3 is 2.86 bits per heavy atom. The van der Waals surface area contributed by atoms with Crippen LogP contribution >= 0.6 is 11.3 Å². The quantitative estimate of drug-likeness (QED) is 0.841. The predicted octanol–water partition coefficient (Wildman–Crippen LogP) is 1.94. The number of thiophene rings is 1. The van der Waals surface area contributed by atoms with E-state index < -0.39 is 0 Å². The van der Waals surface area contributed by atoms with E-state index in [1.807, 2.05) is 12.3 Å². The lowest BCUT2D eigenvalue weighted by Gasteiger charge is -2.61. The normalized spacial score (nSPS) is 25.1. The van der Waals surface area contributed by atoms with E-state index in [0.29, 0.717) is 5.56 Å². The highest BCUT2D eigenvalue weighted by atomic mass is 32.1. The fourth-order valence-corrected chi connectivity index (χ4v) is 4.18. The molecule has 22 heavy (non-hydrogen) atoms. The Bertz CT molecular complexity index is 540. The molecule has 0 aliphatic heterocycles.